The molecule has 0 aromatic carbocycles. The van der Waals surface area contributed by atoms with Gasteiger partial charge in [0.15, 0.2) is 10.8 Å². The first kappa shape index (κ1) is 13.0. The van der Waals surface area contributed by atoms with Crippen molar-refractivity contribution in [2.45, 2.75) is 17.2 Å². The standard InChI is InChI=1S/C11H10N6OS2/c1-6(9(18)17-11-12-2-3-19-11)20-10-7-8(14-4-13-7)15-5-16-10/h2-6H,1H3,(H,12,17,18)(H,13,14,15,16)/t6-/m0/s1. The maximum absolute atomic E-state index is 12.1. The molecule has 3 aromatic heterocycles. The number of H-pyrrole nitrogens is 1. The number of rotatable bonds is 4. The number of aromatic nitrogens is 5. The Hall–Kier alpha value is -2.00. The molecule has 0 saturated carbocycles. The van der Waals surface area contributed by atoms with Crippen LogP contribution >= 0.6 is 23.1 Å². The Kier molecular flexibility index (Phi) is 3.61. The Morgan fingerprint density at radius 2 is 2.30 bits per heavy atom. The van der Waals surface area contributed by atoms with E-state index >= 15 is 0 Å². The van der Waals surface area contributed by atoms with Gasteiger partial charge in [-0.05, 0) is 6.92 Å². The molecule has 3 aromatic rings. The summed E-state index contributed by atoms with van der Waals surface area (Å²) in [5.41, 5.74) is 1.33. The Morgan fingerprint density at radius 1 is 1.40 bits per heavy atom. The van der Waals surface area contributed by atoms with Gasteiger partial charge in [-0.15, -0.1) is 11.3 Å². The summed E-state index contributed by atoms with van der Waals surface area (Å²) in [4.78, 5) is 31.3. The number of amides is 1. The zero-order valence-electron chi connectivity index (χ0n) is 10.4. The van der Waals surface area contributed by atoms with Gasteiger partial charge in [0.05, 0.1) is 11.6 Å². The fraction of sp³-hybridized carbons (Fsp3) is 0.182. The molecular formula is C11H10N6OS2. The Morgan fingerprint density at radius 3 is 3.10 bits per heavy atom. The molecular weight excluding hydrogens is 296 g/mol. The summed E-state index contributed by atoms with van der Waals surface area (Å²) in [6, 6.07) is 0. The SMILES string of the molecule is C[C@H](Sc1ncnc2nc[nH]c12)C(=O)Nc1nccs1. The highest BCUT2D eigenvalue weighted by molar-refractivity contribution is 8.00. The van der Waals surface area contributed by atoms with Crippen molar-refractivity contribution in [1.82, 2.24) is 24.9 Å². The molecule has 0 unspecified atom stereocenters. The first-order valence-corrected chi connectivity index (χ1v) is 7.51. The van der Waals surface area contributed by atoms with Crippen LogP contribution in [0.3, 0.4) is 0 Å². The number of hydrogen-bond acceptors (Lipinski definition) is 7. The highest BCUT2D eigenvalue weighted by atomic mass is 32.2. The number of thioether (sulfide) groups is 1. The lowest BCUT2D eigenvalue weighted by Gasteiger charge is -2.09. The van der Waals surface area contributed by atoms with Crippen molar-refractivity contribution in [2.24, 2.45) is 0 Å². The highest BCUT2D eigenvalue weighted by Crippen LogP contribution is 2.26. The van der Waals surface area contributed by atoms with Gasteiger partial charge < -0.3 is 10.3 Å². The molecule has 7 nitrogen and oxygen atoms in total. The third-order valence-corrected chi connectivity index (χ3v) is 4.30. The van der Waals surface area contributed by atoms with Gasteiger partial charge in [0, 0.05) is 11.6 Å². The fourth-order valence-electron chi connectivity index (χ4n) is 1.55. The van der Waals surface area contributed by atoms with E-state index in [1.165, 1.54) is 29.4 Å². The molecule has 0 aliphatic rings. The van der Waals surface area contributed by atoms with Crippen molar-refractivity contribution in [1.29, 1.82) is 0 Å². The van der Waals surface area contributed by atoms with Gasteiger partial charge in [0.1, 0.15) is 16.9 Å². The second-order valence-corrected chi connectivity index (χ2v) is 6.09. The van der Waals surface area contributed by atoms with Crippen molar-refractivity contribution >= 4 is 45.3 Å². The van der Waals surface area contributed by atoms with Crippen LogP contribution in [0.15, 0.2) is 29.3 Å². The number of fused-ring (bicyclic) bond motifs is 1. The predicted octanol–water partition coefficient (Wildman–Crippen LogP) is 1.93. The van der Waals surface area contributed by atoms with Crippen LogP contribution < -0.4 is 5.32 Å². The second kappa shape index (κ2) is 5.55. The van der Waals surface area contributed by atoms with E-state index in [4.69, 9.17) is 0 Å². The highest BCUT2D eigenvalue weighted by Gasteiger charge is 2.18. The molecule has 2 N–H and O–H groups in total. The number of nitrogens with zero attached hydrogens (tertiary/aromatic N) is 4. The minimum atomic E-state index is -0.305. The van der Waals surface area contributed by atoms with Gasteiger partial charge >= 0.3 is 0 Å². The van der Waals surface area contributed by atoms with E-state index in [9.17, 15) is 4.79 Å². The molecule has 1 amide bonds. The summed E-state index contributed by atoms with van der Waals surface area (Å²) in [6.07, 6.45) is 4.65. The molecule has 102 valence electrons. The van der Waals surface area contributed by atoms with Crippen LogP contribution in [0, 0.1) is 0 Å². The van der Waals surface area contributed by atoms with Crippen LogP contribution in [-0.2, 0) is 4.79 Å². The molecule has 3 heterocycles. The monoisotopic (exact) mass is 306 g/mol. The molecule has 9 heteroatoms. The average molecular weight is 306 g/mol. The zero-order chi connectivity index (χ0) is 13.9. The second-order valence-electron chi connectivity index (χ2n) is 3.87. The Labute approximate surface area is 122 Å². The fourth-order valence-corrected chi connectivity index (χ4v) is 2.95. The van der Waals surface area contributed by atoms with Crippen molar-refractivity contribution < 1.29 is 4.79 Å². The first-order valence-electron chi connectivity index (χ1n) is 5.75. The molecule has 0 aliphatic heterocycles. The van der Waals surface area contributed by atoms with Crippen molar-refractivity contribution in [3.05, 3.63) is 24.2 Å². The van der Waals surface area contributed by atoms with Gasteiger partial charge in [-0.2, -0.15) is 0 Å². The summed E-state index contributed by atoms with van der Waals surface area (Å²) < 4.78 is 0. The van der Waals surface area contributed by atoms with Crippen LogP contribution in [0.4, 0.5) is 5.13 Å². The maximum atomic E-state index is 12.1. The number of thiazole rings is 1. The Balaban J connectivity index is 1.73. The summed E-state index contributed by atoms with van der Waals surface area (Å²) in [5, 5.41) is 5.57. The molecule has 20 heavy (non-hydrogen) atoms. The third kappa shape index (κ3) is 2.63. The minimum Gasteiger partial charge on any atom is -0.341 e. The van der Waals surface area contributed by atoms with Gasteiger partial charge in [0.2, 0.25) is 5.91 Å². The summed E-state index contributed by atoms with van der Waals surface area (Å²) >= 11 is 2.73. The van der Waals surface area contributed by atoms with Crippen molar-refractivity contribution in [3.8, 4) is 0 Å². The lowest BCUT2D eigenvalue weighted by Crippen LogP contribution is -2.22. The molecule has 0 bridgehead atoms. The molecule has 0 aliphatic carbocycles. The summed E-state index contributed by atoms with van der Waals surface area (Å²) in [6.45, 7) is 1.82. The van der Waals surface area contributed by atoms with E-state index < -0.39 is 0 Å². The van der Waals surface area contributed by atoms with Crippen LogP contribution in [0.2, 0.25) is 0 Å². The van der Waals surface area contributed by atoms with Crippen LogP contribution in [0.25, 0.3) is 11.2 Å². The molecule has 1 atom stereocenters. The predicted molar refractivity (Wildman–Crippen MR) is 77.7 cm³/mol. The summed E-state index contributed by atoms with van der Waals surface area (Å²) in [7, 11) is 0. The molecule has 3 rings (SSSR count). The molecule has 0 fully saturated rings. The maximum Gasteiger partial charge on any atom is 0.239 e. The minimum absolute atomic E-state index is 0.115. The lowest BCUT2D eigenvalue weighted by atomic mass is 10.4. The van der Waals surface area contributed by atoms with E-state index in [2.05, 4.69) is 30.2 Å². The van der Waals surface area contributed by atoms with Crippen LogP contribution in [0.1, 0.15) is 6.92 Å². The van der Waals surface area contributed by atoms with E-state index in [1.54, 1.807) is 12.5 Å². The van der Waals surface area contributed by atoms with E-state index in [0.29, 0.717) is 15.8 Å². The number of carbonyl (C=O) groups is 1. The summed E-state index contributed by atoms with van der Waals surface area (Å²) in [5.74, 6) is -0.115. The number of anilines is 1. The van der Waals surface area contributed by atoms with Gasteiger partial charge in [-0.25, -0.2) is 19.9 Å². The van der Waals surface area contributed by atoms with Crippen molar-refractivity contribution in [2.75, 3.05) is 5.32 Å². The normalized spacial score (nSPS) is 12.4. The van der Waals surface area contributed by atoms with E-state index in [0.717, 1.165) is 5.52 Å². The van der Waals surface area contributed by atoms with Crippen LogP contribution in [0.5, 0.6) is 0 Å². The number of nitrogens with one attached hydrogen (secondary N) is 2. The number of hydrogen-bond donors (Lipinski definition) is 2. The zero-order valence-corrected chi connectivity index (χ0v) is 12.0. The van der Waals surface area contributed by atoms with Gasteiger partial charge in [-0.1, -0.05) is 11.8 Å². The Bertz CT molecular complexity index is 725. The number of aromatic amines is 1. The quantitative estimate of drug-likeness (QED) is 0.565. The molecule has 0 spiro atoms. The number of imidazole rings is 1. The van der Waals surface area contributed by atoms with E-state index in [1.807, 2.05) is 12.3 Å². The van der Waals surface area contributed by atoms with E-state index in [-0.39, 0.29) is 11.2 Å². The average Bonchev–Trinajstić information content (AvgIpc) is 3.09. The number of carbonyl (C=O) groups excluding carboxylic acids is 1. The lowest BCUT2D eigenvalue weighted by molar-refractivity contribution is -0.115. The van der Waals surface area contributed by atoms with Gasteiger partial charge in [0.25, 0.3) is 0 Å². The third-order valence-electron chi connectivity index (χ3n) is 2.51. The largest absolute Gasteiger partial charge is 0.341 e. The topological polar surface area (TPSA) is 96.5 Å². The van der Waals surface area contributed by atoms with Gasteiger partial charge in [-0.3, -0.25) is 4.79 Å². The first-order chi connectivity index (χ1) is 9.74. The molecule has 0 radical (unpaired) electrons. The van der Waals surface area contributed by atoms with Crippen molar-refractivity contribution in [3.63, 3.8) is 0 Å². The molecule has 0 saturated heterocycles. The van der Waals surface area contributed by atoms with Crippen LogP contribution in [-0.4, -0.2) is 36.1 Å². The smallest absolute Gasteiger partial charge is 0.239 e.